The molecule has 1 aliphatic heterocycles. The van der Waals surface area contributed by atoms with Crippen LogP contribution < -0.4 is 15.8 Å². The van der Waals surface area contributed by atoms with E-state index in [2.05, 4.69) is 26.5 Å². The van der Waals surface area contributed by atoms with Gasteiger partial charge in [-0.1, -0.05) is 0 Å². The number of nitrogens with one attached hydrogen (secondary N) is 1. The molecule has 0 spiro atoms. The lowest BCUT2D eigenvalue weighted by molar-refractivity contribution is 0.0821. The quantitative estimate of drug-likeness (QED) is 0.433. The minimum Gasteiger partial charge on any atom is -0.493 e. The fraction of sp³-hybridized carbons (Fsp3) is 0.261. The van der Waals surface area contributed by atoms with Crippen molar-refractivity contribution < 1.29 is 9.53 Å². The van der Waals surface area contributed by atoms with E-state index in [0.29, 0.717) is 47.4 Å². The van der Waals surface area contributed by atoms with Gasteiger partial charge in [-0.15, -0.1) is 0 Å². The molecular formula is C23H23N9O2. The van der Waals surface area contributed by atoms with E-state index < -0.39 is 0 Å². The van der Waals surface area contributed by atoms with E-state index in [1.807, 2.05) is 12.1 Å². The van der Waals surface area contributed by atoms with Crippen LogP contribution in [-0.4, -0.2) is 55.7 Å². The molecule has 4 heterocycles. The van der Waals surface area contributed by atoms with Crippen LogP contribution in [0.4, 0.5) is 11.6 Å². The van der Waals surface area contributed by atoms with E-state index >= 15 is 0 Å². The Hall–Kier alpha value is -4.59. The Morgan fingerprint density at radius 2 is 2.21 bits per heavy atom. The summed E-state index contributed by atoms with van der Waals surface area (Å²) in [5.74, 6) is 1.16. The number of ether oxygens (including phenoxy) is 1. The Morgan fingerprint density at radius 3 is 2.97 bits per heavy atom. The highest BCUT2D eigenvalue weighted by atomic mass is 16.5. The molecule has 0 saturated heterocycles. The molecule has 0 unspecified atom stereocenters. The second-order valence-electron chi connectivity index (χ2n) is 8.23. The van der Waals surface area contributed by atoms with E-state index in [0.717, 1.165) is 23.3 Å². The van der Waals surface area contributed by atoms with Crippen LogP contribution in [0.5, 0.6) is 5.75 Å². The number of aromatic nitrogens is 5. The molecule has 11 heteroatoms. The van der Waals surface area contributed by atoms with Gasteiger partial charge in [0, 0.05) is 57.1 Å². The van der Waals surface area contributed by atoms with Crippen molar-refractivity contribution in [3.05, 3.63) is 53.1 Å². The number of carbonyl (C=O) groups is 1. The molecule has 1 aromatic carbocycles. The first-order valence-corrected chi connectivity index (χ1v) is 10.7. The number of fused-ring (bicyclic) bond motifs is 2. The average Bonchev–Trinajstić information content (AvgIpc) is 3.55. The van der Waals surface area contributed by atoms with Gasteiger partial charge in [-0.05, 0) is 18.2 Å². The highest BCUT2D eigenvalue weighted by Crippen LogP contribution is 2.33. The molecule has 0 fully saturated rings. The zero-order chi connectivity index (χ0) is 24.0. The lowest BCUT2D eigenvalue weighted by atomic mass is 10.0. The number of nitriles is 1. The van der Waals surface area contributed by atoms with E-state index in [1.165, 1.54) is 4.90 Å². The maximum atomic E-state index is 12.4. The van der Waals surface area contributed by atoms with E-state index in [9.17, 15) is 10.1 Å². The van der Waals surface area contributed by atoms with Crippen molar-refractivity contribution in [1.82, 2.24) is 29.0 Å². The number of hydrogen-bond donors (Lipinski definition) is 2. The fourth-order valence-corrected chi connectivity index (χ4v) is 4.13. The number of anilines is 2. The molecule has 11 nitrogen and oxygen atoms in total. The number of nitrogen functional groups attached to an aromatic ring is 1. The Kier molecular flexibility index (Phi) is 5.05. The summed E-state index contributed by atoms with van der Waals surface area (Å²) in [6.07, 6.45) is 4.09. The number of nitrogens with two attached hydrogens (primary N) is 1. The van der Waals surface area contributed by atoms with Crippen LogP contribution >= 0.6 is 0 Å². The summed E-state index contributed by atoms with van der Waals surface area (Å²) < 4.78 is 8.99. The Morgan fingerprint density at radius 1 is 1.38 bits per heavy atom. The molecule has 0 saturated carbocycles. The Bertz CT molecular complexity index is 1480. The summed E-state index contributed by atoms with van der Waals surface area (Å²) in [7, 11) is 5.09. The molecule has 1 aliphatic rings. The van der Waals surface area contributed by atoms with Crippen molar-refractivity contribution in [2.45, 2.75) is 13.0 Å². The maximum absolute atomic E-state index is 12.4. The van der Waals surface area contributed by atoms with Gasteiger partial charge in [0.2, 0.25) is 5.95 Å². The third-order valence-electron chi connectivity index (χ3n) is 5.84. The predicted octanol–water partition coefficient (Wildman–Crippen LogP) is 1.83. The molecule has 0 radical (unpaired) electrons. The molecule has 0 bridgehead atoms. The third-order valence-corrected chi connectivity index (χ3v) is 5.84. The fourth-order valence-electron chi connectivity index (χ4n) is 4.13. The molecule has 3 N–H and O–H groups in total. The molecule has 1 amide bonds. The summed E-state index contributed by atoms with van der Waals surface area (Å²) >= 11 is 0. The molecule has 172 valence electrons. The lowest BCUT2D eigenvalue weighted by Gasteiger charge is -2.14. The van der Waals surface area contributed by atoms with E-state index in [1.54, 1.807) is 48.7 Å². The molecule has 0 aliphatic carbocycles. The zero-order valence-electron chi connectivity index (χ0n) is 19.0. The minimum atomic E-state index is -0.206. The second kappa shape index (κ2) is 8.08. The number of amides is 1. The molecule has 4 aromatic rings. The van der Waals surface area contributed by atoms with Gasteiger partial charge in [0.1, 0.15) is 11.8 Å². The van der Waals surface area contributed by atoms with Crippen LogP contribution in [0.25, 0.3) is 16.9 Å². The third kappa shape index (κ3) is 3.45. The normalized spacial score (nSPS) is 12.3. The molecule has 5 rings (SSSR count). The number of rotatable bonds is 5. The summed E-state index contributed by atoms with van der Waals surface area (Å²) in [4.78, 5) is 22.9. The van der Waals surface area contributed by atoms with Crippen molar-refractivity contribution >= 4 is 23.2 Å². The second-order valence-corrected chi connectivity index (χ2v) is 8.23. The molecule has 34 heavy (non-hydrogen) atoms. The van der Waals surface area contributed by atoms with Gasteiger partial charge in [0.25, 0.3) is 5.91 Å². The van der Waals surface area contributed by atoms with Gasteiger partial charge < -0.3 is 20.7 Å². The van der Waals surface area contributed by atoms with Crippen molar-refractivity contribution in [1.29, 1.82) is 5.26 Å². The van der Waals surface area contributed by atoms with Gasteiger partial charge in [0.15, 0.2) is 17.0 Å². The summed E-state index contributed by atoms with van der Waals surface area (Å²) in [6, 6.07) is 7.51. The van der Waals surface area contributed by atoms with E-state index in [-0.39, 0.29) is 11.6 Å². The summed E-state index contributed by atoms with van der Waals surface area (Å²) in [6.45, 7) is 1.08. The molecular weight excluding hydrogens is 434 g/mol. The Labute approximate surface area is 195 Å². The maximum Gasteiger partial charge on any atom is 0.273 e. The van der Waals surface area contributed by atoms with Gasteiger partial charge in [0.05, 0.1) is 24.1 Å². The summed E-state index contributed by atoms with van der Waals surface area (Å²) in [5, 5.41) is 17.1. The highest BCUT2D eigenvalue weighted by Gasteiger charge is 2.21. The van der Waals surface area contributed by atoms with Crippen LogP contribution in [0.2, 0.25) is 0 Å². The predicted molar refractivity (Wildman–Crippen MR) is 125 cm³/mol. The van der Waals surface area contributed by atoms with Crippen molar-refractivity contribution in [3.8, 4) is 23.1 Å². The first-order valence-electron chi connectivity index (χ1n) is 10.7. The number of nitrogens with zero attached hydrogens (tertiary/aromatic N) is 7. The molecule has 0 atom stereocenters. The van der Waals surface area contributed by atoms with Crippen molar-refractivity contribution in [2.75, 3.05) is 31.8 Å². The topological polar surface area (TPSA) is 139 Å². The lowest BCUT2D eigenvalue weighted by Crippen LogP contribution is -2.22. The van der Waals surface area contributed by atoms with E-state index in [4.69, 9.17) is 10.5 Å². The Balaban J connectivity index is 1.54. The number of aryl methyl sites for hydroxylation is 1. The van der Waals surface area contributed by atoms with Crippen LogP contribution in [0.15, 0.2) is 30.6 Å². The van der Waals surface area contributed by atoms with Crippen LogP contribution in [-0.2, 0) is 20.0 Å². The zero-order valence-corrected chi connectivity index (χ0v) is 19.0. The number of imidazole rings is 1. The summed E-state index contributed by atoms with van der Waals surface area (Å²) in [5.41, 5.74) is 11.4. The smallest absolute Gasteiger partial charge is 0.273 e. The van der Waals surface area contributed by atoms with Crippen LogP contribution in [0, 0.1) is 11.3 Å². The standard InChI is InChI=1S/C23H23N9O2/c1-30(2)22(33)18-8-19(31(3)29-18)16-11-27-23(32-12-13(9-24)28-21(16)32)26-10-15-14-6-7-34-20(14)5-4-17(15)25/h4-5,8,11-12H,6-7,10,25H2,1-3H3,(H,26,27). The molecule has 3 aromatic heterocycles. The SMILES string of the molecule is CN(C)C(=O)c1cc(-c2cnc(NCc3c(N)ccc4c3CCO4)n3cc(C#N)nc23)n(C)n1. The first kappa shape index (κ1) is 21.3. The number of benzene rings is 1. The minimum absolute atomic E-state index is 0.206. The monoisotopic (exact) mass is 457 g/mol. The van der Waals surface area contributed by atoms with Crippen LogP contribution in [0.3, 0.4) is 0 Å². The first-order chi connectivity index (χ1) is 16.4. The van der Waals surface area contributed by atoms with Crippen molar-refractivity contribution in [3.63, 3.8) is 0 Å². The number of carbonyl (C=O) groups excluding carboxylic acids is 1. The van der Waals surface area contributed by atoms with Gasteiger partial charge in [-0.3, -0.25) is 13.9 Å². The van der Waals surface area contributed by atoms with Gasteiger partial charge in [-0.2, -0.15) is 10.4 Å². The van der Waals surface area contributed by atoms with Crippen LogP contribution in [0.1, 0.15) is 27.3 Å². The van der Waals surface area contributed by atoms with Gasteiger partial charge >= 0.3 is 0 Å². The van der Waals surface area contributed by atoms with Crippen molar-refractivity contribution in [2.24, 2.45) is 7.05 Å². The van der Waals surface area contributed by atoms with Gasteiger partial charge in [-0.25, -0.2) is 9.97 Å². The highest BCUT2D eigenvalue weighted by molar-refractivity contribution is 5.93. The number of hydrogen-bond acceptors (Lipinski definition) is 8. The largest absolute Gasteiger partial charge is 0.493 e. The average molecular weight is 457 g/mol.